The highest BCUT2D eigenvalue weighted by Crippen LogP contribution is 2.14. The van der Waals surface area contributed by atoms with Crippen molar-refractivity contribution in [3.8, 4) is 0 Å². The molecule has 0 saturated carbocycles. The summed E-state index contributed by atoms with van der Waals surface area (Å²) in [5.74, 6) is -0.460. The van der Waals surface area contributed by atoms with Gasteiger partial charge in [-0.3, -0.25) is 9.59 Å². The first kappa shape index (κ1) is 18.5. The van der Waals surface area contributed by atoms with Gasteiger partial charge in [-0.2, -0.15) is 0 Å². The van der Waals surface area contributed by atoms with Crippen LogP contribution in [0.2, 0.25) is 0 Å². The second kappa shape index (κ2) is 7.62. The number of nitrogens with one attached hydrogen (secondary N) is 4. The zero-order valence-corrected chi connectivity index (χ0v) is 14.1. The third-order valence-electron chi connectivity index (χ3n) is 2.68. The number of urea groups is 1. The minimum absolute atomic E-state index is 0.195. The highest BCUT2D eigenvalue weighted by molar-refractivity contribution is 5.95. The lowest BCUT2D eigenvalue weighted by Crippen LogP contribution is -2.51. The van der Waals surface area contributed by atoms with Crippen molar-refractivity contribution in [2.75, 3.05) is 10.6 Å². The molecule has 0 aliphatic heterocycles. The van der Waals surface area contributed by atoms with Crippen LogP contribution in [0.25, 0.3) is 0 Å². The third-order valence-corrected chi connectivity index (χ3v) is 2.68. The maximum absolute atomic E-state index is 11.9. The molecule has 0 aliphatic rings. The predicted molar refractivity (Wildman–Crippen MR) is 90.3 cm³/mol. The van der Waals surface area contributed by atoms with Gasteiger partial charge in [-0.1, -0.05) is 6.07 Å². The van der Waals surface area contributed by atoms with Gasteiger partial charge in [-0.05, 0) is 45.9 Å². The predicted octanol–water partition coefficient (Wildman–Crippen LogP) is 2.07. The first-order valence-electron chi connectivity index (χ1n) is 7.34. The molecule has 0 bridgehead atoms. The van der Waals surface area contributed by atoms with Crippen LogP contribution in [0.15, 0.2) is 24.3 Å². The van der Waals surface area contributed by atoms with Crippen molar-refractivity contribution in [2.24, 2.45) is 0 Å². The van der Waals surface area contributed by atoms with Crippen molar-refractivity contribution in [1.29, 1.82) is 0 Å². The largest absolute Gasteiger partial charge is 0.350 e. The normalized spacial score (nSPS) is 12.0. The Labute approximate surface area is 136 Å². The molecule has 0 aliphatic carbocycles. The maximum Gasteiger partial charge on any atom is 0.319 e. The van der Waals surface area contributed by atoms with Gasteiger partial charge in [0.15, 0.2) is 0 Å². The highest BCUT2D eigenvalue weighted by Gasteiger charge is 2.20. The van der Waals surface area contributed by atoms with Crippen molar-refractivity contribution in [1.82, 2.24) is 10.6 Å². The second-order valence-corrected chi connectivity index (χ2v) is 6.32. The Balaban J connectivity index is 2.59. The highest BCUT2D eigenvalue weighted by atomic mass is 16.2. The standard InChI is InChI=1S/C16H24N4O3/c1-10(14(22)20-16(3,4)5)17-15(23)19-13-8-6-7-12(9-13)18-11(2)21/h6-10H,1-5H3,(H,18,21)(H,20,22)(H2,17,19,23). The van der Waals surface area contributed by atoms with Crippen LogP contribution >= 0.6 is 0 Å². The molecular formula is C16H24N4O3. The van der Waals surface area contributed by atoms with E-state index in [0.29, 0.717) is 11.4 Å². The van der Waals surface area contributed by atoms with Gasteiger partial charge in [-0.25, -0.2) is 4.79 Å². The molecule has 7 heteroatoms. The maximum atomic E-state index is 11.9. The summed E-state index contributed by atoms with van der Waals surface area (Å²) in [6.45, 7) is 8.61. The average Bonchev–Trinajstić information content (AvgIpc) is 2.35. The summed E-state index contributed by atoms with van der Waals surface area (Å²) >= 11 is 0. The Bertz CT molecular complexity index is 593. The van der Waals surface area contributed by atoms with E-state index in [9.17, 15) is 14.4 Å². The lowest BCUT2D eigenvalue weighted by atomic mass is 10.1. The minimum Gasteiger partial charge on any atom is -0.350 e. The van der Waals surface area contributed by atoms with Gasteiger partial charge < -0.3 is 21.3 Å². The molecule has 1 atom stereocenters. The van der Waals surface area contributed by atoms with Crippen LogP contribution in [0.4, 0.5) is 16.2 Å². The van der Waals surface area contributed by atoms with Crippen molar-refractivity contribution in [3.63, 3.8) is 0 Å². The fraction of sp³-hybridized carbons (Fsp3) is 0.438. The second-order valence-electron chi connectivity index (χ2n) is 6.32. The van der Waals surface area contributed by atoms with E-state index >= 15 is 0 Å². The van der Waals surface area contributed by atoms with E-state index < -0.39 is 12.1 Å². The molecule has 0 aromatic heterocycles. The van der Waals surface area contributed by atoms with Crippen molar-refractivity contribution >= 4 is 29.2 Å². The smallest absolute Gasteiger partial charge is 0.319 e. The summed E-state index contributed by atoms with van der Waals surface area (Å²) in [6, 6.07) is 5.56. The number of amides is 4. The summed E-state index contributed by atoms with van der Waals surface area (Å²) < 4.78 is 0. The number of anilines is 2. The van der Waals surface area contributed by atoms with Crippen LogP contribution in [0.3, 0.4) is 0 Å². The molecule has 4 amide bonds. The van der Waals surface area contributed by atoms with Gasteiger partial charge in [0.2, 0.25) is 11.8 Å². The molecule has 1 aromatic carbocycles. The van der Waals surface area contributed by atoms with Crippen LogP contribution in [-0.4, -0.2) is 29.4 Å². The van der Waals surface area contributed by atoms with E-state index in [-0.39, 0.29) is 17.4 Å². The van der Waals surface area contributed by atoms with Gasteiger partial charge in [0.05, 0.1) is 0 Å². The molecule has 0 spiro atoms. The van der Waals surface area contributed by atoms with E-state index in [1.165, 1.54) is 6.92 Å². The number of hydrogen-bond donors (Lipinski definition) is 4. The monoisotopic (exact) mass is 320 g/mol. The molecule has 126 valence electrons. The molecule has 0 saturated heterocycles. The lowest BCUT2D eigenvalue weighted by Gasteiger charge is -2.23. The average molecular weight is 320 g/mol. The number of hydrogen-bond acceptors (Lipinski definition) is 3. The van der Waals surface area contributed by atoms with Gasteiger partial charge in [-0.15, -0.1) is 0 Å². The van der Waals surface area contributed by atoms with Gasteiger partial charge >= 0.3 is 6.03 Å². The van der Waals surface area contributed by atoms with Crippen molar-refractivity contribution in [2.45, 2.75) is 46.2 Å². The van der Waals surface area contributed by atoms with Crippen LogP contribution in [0, 0.1) is 0 Å². The number of carbonyl (C=O) groups is 3. The van der Waals surface area contributed by atoms with E-state index in [1.54, 1.807) is 31.2 Å². The minimum atomic E-state index is -0.673. The Morgan fingerprint density at radius 1 is 1.04 bits per heavy atom. The SMILES string of the molecule is CC(=O)Nc1cccc(NC(=O)NC(C)C(=O)NC(C)(C)C)c1. The summed E-state index contributed by atoms with van der Waals surface area (Å²) in [5, 5.41) is 10.6. The molecule has 1 aromatic rings. The Hall–Kier alpha value is -2.57. The fourth-order valence-corrected chi connectivity index (χ4v) is 1.79. The zero-order chi connectivity index (χ0) is 17.6. The Morgan fingerprint density at radius 2 is 1.61 bits per heavy atom. The van der Waals surface area contributed by atoms with Crippen molar-refractivity contribution in [3.05, 3.63) is 24.3 Å². The number of benzene rings is 1. The molecule has 7 nitrogen and oxygen atoms in total. The van der Waals surface area contributed by atoms with Gasteiger partial charge in [0, 0.05) is 23.8 Å². The first-order valence-corrected chi connectivity index (χ1v) is 7.34. The number of carbonyl (C=O) groups excluding carboxylic acids is 3. The van der Waals surface area contributed by atoms with Crippen LogP contribution in [-0.2, 0) is 9.59 Å². The lowest BCUT2D eigenvalue weighted by molar-refractivity contribution is -0.124. The quantitative estimate of drug-likeness (QED) is 0.683. The number of rotatable bonds is 4. The molecule has 1 unspecified atom stereocenters. The van der Waals surface area contributed by atoms with Crippen LogP contribution in [0.5, 0.6) is 0 Å². The fourth-order valence-electron chi connectivity index (χ4n) is 1.79. The molecule has 4 N–H and O–H groups in total. The van der Waals surface area contributed by atoms with Crippen LogP contribution < -0.4 is 21.3 Å². The van der Waals surface area contributed by atoms with Gasteiger partial charge in [0.25, 0.3) is 0 Å². The van der Waals surface area contributed by atoms with Crippen LogP contribution in [0.1, 0.15) is 34.6 Å². The molecule has 0 heterocycles. The van der Waals surface area contributed by atoms with E-state index in [0.717, 1.165) is 0 Å². The summed E-state index contributed by atoms with van der Waals surface area (Å²) in [6.07, 6.45) is 0. The van der Waals surface area contributed by atoms with E-state index in [4.69, 9.17) is 0 Å². The third kappa shape index (κ3) is 7.30. The zero-order valence-electron chi connectivity index (χ0n) is 14.1. The Kier molecular flexibility index (Phi) is 6.12. The van der Waals surface area contributed by atoms with E-state index in [1.807, 2.05) is 20.8 Å². The summed E-state index contributed by atoms with van der Waals surface area (Å²) in [7, 11) is 0. The summed E-state index contributed by atoms with van der Waals surface area (Å²) in [4.78, 5) is 34.9. The Morgan fingerprint density at radius 3 is 2.13 bits per heavy atom. The summed E-state index contributed by atoms with van der Waals surface area (Å²) in [5.41, 5.74) is 0.724. The topological polar surface area (TPSA) is 99.3 Å². The molecule has 0 fully saturated rings. The first-order chi connectivity index (χ1) is 10.6. The van der Waals surface area contributed by atoms with Crippen molar-refractivity contribution < 1.29 is 14.4 Å². The molecular weight excluding hydrogens is 296 g/mol. The van der Waals surface area contributed by atoms with E-state index in [2.05, 4.69) is 21.3 Å². The molecule has 1 rings (SSSR count). The van der Waals surface area contributed by atoms with Gasteiger partial charge in [0.1, 0.15) is 6.04 Å². The molecule has 0 radical (unpaired) electrons. The molecule has 23 heavy (non-hydrogen) atoms.